The van der Waals surface area contributed by atoms with Gasteiger partial charge in [0.05, 0.1) is 29.8 Å². The Bertz CT molecular complexity index is 601. The molecule has 0 N–H and O–H groups in total. The topological polar surface area (TPSA) is 78.7 Å². The molecule has 2 rings (SSSR count). The maximum Gasteiger partial charge on any atom is 0.336 e. The first-order valence-corrected chi connectivity index (χ1v) is 6.53. The van der Waals surface area contributed by atoms with Gasteiger partial charge in [-0.1, -0.05) is 0 Å². The maximum absolute atomic E-state index is 11.9. The number of hydrogen-bond donors (Lipinski definition) is 0. The monoisotopic (exact) mass is 291 g/mol. The van der Waals surface area contributed by atoms with Crippen LogP contribution < -0.4 is 0 Å². The molecule has 0 saturated carbocycles. The van der Waals surface area contributed by atoms with E-state index in [1.807, 2.05) is 13.8 Å². The van der Waals surface area contributed by atoms with Crippen molar-refractivity contribution in [3.63, 3.8) is 0 Å². The van der Waals surface area contributed by atoms with Gasteiger partial charge in [0.25, 0.3) is 5.69 Å². The predicted molar refractivity (Wildman–Crippen MR) is 76.7 cm³/mol. The average Bonchev–Trinajstić information content (AvgIpc) is 2.45. The summed E-state index contributed by atoms with van der Waals surface area (Å²) in [6, 6.07) is 6.16. The van der Waals surface area contributed by atoms with E-state index in [0.717, 1.165) is 11.1 Å². The molecule has 0 unspecified atom stereocenters. The molecule has 6 heteroatoms. The lowest BCUT2D eigenvalue weighted by atomic mass is 9.87. The summed E-state index contributed by atoms with van der Waals surface area (Å²) in [4.78, 5) is 22.1. The Morgan fingerprint density at radius 2 is 1.95 bits per heavy atom. The molecule has 21 heavy (non-hydrogen) atoms. The molecule has 0 fully saturated rings. The minimum Gasteiger partial charge on any atom is -0.466 e. The zero-order valence-corrected chi connectivity index (χ0v) is 12.2. The van der Waals surface area contributed by atoms with Crippen LogP contribution >= 0.6 is 0 Å². The van der Waals surface area contributed by atoms with Gasteiger partial charge in [-0.3, -0.25) is 10.1 Å². The fourth-order valence-electron chi connectivity index (χ4n) is 2.30. The van der Waals surface area contributed by atoms with E-state index >= 15 is 0 Å². The molecule has 1 heterocycles. The summed E-state index contributed by atoms with van der Waals surface area (Å²) in [5, 5.41) is 10.7. The zero-order chi connectivity index (χ0) is 15.6. The highest BCUT2D eigenvalue weighted by atomic mass is 16.6. The van der Waals surface area contributed by atoms with Crippen LogP contribution in [0.2, 0.25) is 0 Å². The van der Waals surface area contributed by atoms with E-state index in [2.05, 4.69) is 0 Å². The van der Waals surface area contributed by atoms with E-state index in [1.165, 1.54) is 19.2 Å². The SMILES string of the molecule is COC(=O)C1=C(c2ccc([N+](=O)[O-])cc2)CC(C)(C)OC1. The number of nitrogens with zero attached hydrogens (tertiary/aromatic N) is 1. The van der Waals surface area contributed by atoms with Crippen molar-refractivity contribution in [2.24, 2.45) is 0 Å². The van der Waals surface area contributed by atoms with E-state index in [9.17, 15) is 14.9 Å². The Morgan fingerprint density at radius 1 is 1.33 bits per heavy atom. The number of carbonyl (C=O) groups excluding carboxylic acids is 1. The molecule has 0 bridgehead atoms. The van der Waals surface area contributed by atoms with Crippen LogP contribution in [-0.2, 0) is 14.3 Å². The Kier molecular flexibility index (Phi) is 4.09. The first-order chi connectivity index (χ1) is 9.84. The third kappa shape index (κ3) is 3.28. The third-order valence-electron chi connectivity index (χ3n) is 3.43. The van der Waals surface area contributed by atoms with Crippen molar-refractivity contribution in [3.05, 3.63) is 45.5 Å². The van der Waals surface area contributed by atoms with Gasteiger partial charge in [0, 0.05) is 18.6 Å². The molecule has 0 atom stereocenters. The number of rotatable bonds is 3. The lowest BCUT2D eigenvalue weighted by Crippen LogP contribution is -2.32. The number of hydrogen-bond acceptors (Lipinski definition) is 5. The van der Waals surface area contributed by atoms with Crippen LogP contribution in [0.15, 0.2) is 29.8 Å². The summed E-state index contributed by atoms with van der Waals surface area (Å²) in [5.74, 6) is -0.432. The van der Waals surface area contributed by atoms with Crippen LogP contribution in [0, 0.1) is 10.1 Å². The smallest absolute Gasteiger partial charge is 0.336 e. The normalized spacial score (nSPS) is 17.5. The van der Waals surface area contributed by atoms with Crippen molar-refractivity contribution < 1.29 is 19.2 Å². The van der Waals surface area contributed by atoms with Crippen LogP contribution in [0.5, 0.6) is 0 Å². The number of non-ortho nitro benzene ring substituents is 1. The lowest BCUT2D eigenvalue weighted by Gasteiger charge is -2.33. The van der Waals surface area contributed by atoms with Gasteiger partial charge in [-0.25, -0.2) is 4.79 Å². The molecule has 0 saturated heterocycles. The average molecular weight is 291 g/mol. The van der Waals surface area contributed by atoms with Crippen molar-refractivity contribution in [1.29, 1.82) is 0 Å². The number of ether oxygens (including phenoxy) is 2. The molecule has 0 aliphatic carbocycles. The molecule has 0 radical (unpaired) electrons. The molecule has 0 amide bonds. The van der Waals surface area contributed by atoms with Crippen molar-refractivity contribution >= 4 is 17.2 Å². The zero-order valence-electron chi connectivity index (χ0n) is 12.2. The van der Waals surface area contributed by atoms with Gasteiger partial charge in [0.15, 0.2) is 0 Å². The Hall–Kier alpha value is -2.21. The lowest BCUT2D eigenvalue weighted by molar-refractivity contribution is -0.384. The van der Waals surface area contributed by atoms with Crippen LogP contribution in [0.3, 0.4) is 0 Å². The Balaban J connectivity index is 2.46. The predicted octanol–water partition coefficient (Wildman–Crippen LogP) is 2.72. The maximum atomic E-state index is 11.9. The molecule has 1 aromatic rings. The van der Waals surface area contributed by atoms with E-state index in [4.69, 9.17) is 9.47 Å². The Morgan fingerprint density at radius 3 is 2.48 bits per heavy atom. The summed E-state index contributed by atoms with van der Waals surface area (Å²) >= 11 is 0. The van der Waals surface area contributed by atoms with E-state index in [0.29, 0.717) is 12.0 Å². The highest BCUT2D eigenvalue weighted by Gasteiger charge is 2.31. The fraction of sp³-hybridized carbons (Fsp3) is 0.400. The Labute approximate surface area is 122 Å². The second-order valence-electron chi connectivity index (χ2n) is 5.48. The van der Waals surface area contributed by atoms with Crippen molar-refractivity contribution in [2.75, 3.05) is 13.7 Å². The molecule has 0 spiro atoms. The van der Waals surface area contributed by atoms with E-state index < -0.39 is 16.5 Å². The fourth-order valence-corrected chi connectivity index (χ4v) is 2.30. The third-order valence-corrected chi connectivity index (χ3v) is 3.43. The summed E-state index contributed by atoms with van der Waals surface area (Å²) < 4.78 is 10.4. The van der Waals surface area contributed by atoms with Crippen LogP contribution in [0.4, 0.5) is 5.69 Å². The first kappa shape index (κ1) is 15.2. The van der Waals surface area contributed by atoms with E-state index in [-0.39, 0.29) is 12.3 Å². The number of nitro groups is 1. The van der Waals surface area contributed by atoms with Gasteiger partial charge in [-0.15, -0.1) is 0 Å². The number of esters is 1. The first-order valence-electron chi connectivity index (χ1n) is 6.53. The number of benzene rings is 1. The molecular formula is C15H17NO5. The summed E-state index contributed by atoms with van der Waals surface area (Å²) in [6.45, 7) is 4.05. The molecule has 6 nitrogen and oxygen atoms in total. The minimum absolute atomic E-state index is 0.0188. The van der Waals surface area contributed by atoms with Crippen molar-refractivity contribution in [3.8, 4) is 0 Å². The molecule has 1 aliphatic heterocycles. The quantitative estimate of drug-likeness (QED) is 0.486. The molecule has 112 valence electrons. The van der Waals surface area contributed by atoms with Gasteiger partial charge in [0.2, 0.25) is 0 Å². The van der Waals surface area contributed by atoms with E-state index in [1.54, 1.807) is 12.1 Å². The van der Waals surface area contributed by atoms with Crippen molar-refractivity contribution in [1.82, 2.24) is 0 Å². The molecule has 1 aliphatic rings. The highest BCUT2D eigenvalue weighted by Crippen LogP contribution is 2.35. The second-order valence-corrected chi connectivity index (χ2v) is 5.48. The van der Waals surface area contributed by atoms with Crippen LogP contribution in [-0.4, -0.2) is 30.2 Å². The highest BCUT2D eigenvalue weighted by molar-refractivity contribution is 5.98. The van der Waals surface area contributed by atoms with Crippen LogP contribution in [0.25, 0.3) is 5.57 Å². The second kappa shape index (κ2) is 5.65. The molecule has 0 aromatic heterocycles. The van der Waals surface area contributed by atoms with Gasteiger partial charge < -0.3 is 9.47 Å². The van der Waals surface area contributed by atoms with Gasteiger partial charge >= 0.3 is 5.97 Å². The molecule has 1 aromatic carbocycles. The number of carbonyl (C=O) groups is 1. The van der Waals surface area contributed by atoms with Crippen molar-refractivity contribution in [2.45, 2.75) is 25.9 Å². The summed E-state index contributed by atoms with van der Waals surface area (Å²) in [6.07, 6.45) is 0.537. The standard InChI is InChI=1S/C15H17NO5/c1-15(2)8-12(13(9-21-15)14(17)20-3)10-4-6-11(7-5-10)16(18)19/h4-7H,8-9H2,1-3H3. The minimum atomic E-state index is -0.451. The largest absolute Gasteiger partial charge is 0.466 e. The van der Waals surface area contributed by atoms with Gasteiger partial charge in [-0.05, 0) is 37.1 Å². The summed E-state index contributed by atoms with van der Waals surface area (Å²) in [5.41, 5.74) is 1.68. The van der Waals surface area contributed by atoms with Crippen LogP contribution in [0.1, 0.15) is 25.8 Å². The van der Waals surface area contributed by atoms with Gasteiger partial charge in [-0.2, -0.15) is 0 Å². The molecular weight excluding hydrogens is 274 g/mol. The summed E-state index contributed by atoms with van der Waals surface area (Å²) in [7, 11) is 1.32. The number of methoxy groups -OCH3 is 1. The number of nitro benzene ring substituents is 1. The van der Waals surface area contributed by atoms with Gasteiger partial charge in [0.1, 0.15) is 0 Å².